The standard InChI is InChI=1S/C37H43Cl2F3N4O7/c1-5-51-32(49)36-16-20(36)12-9-7-6-8-10-15-24(43-33(50)53-34(2,3)4)31(48)46-19-35(18-25(46)30(47)45-36)17-23(39)26-21-13-11-14-22(38)27(21)44-29(28(26)52-35)37(40,41)42/h9,11-14,20,23-25H,5-8,10,15-19H2,1-4H3,(H,43,50)(H,45,47). The van der Waals surface area contributed by atoms with Crippen LogP contribution in [0.3, 0.4) is 0 Å². The van der Waals surface area contributed by atoms with Crippen LogP contribution in [0.1, 0.15) is 95.7 Å². The van der Waals surface area contributed by atoms with Crippen LogP contribution in [0.2, 0.25) is 5.02 Å². The number of amides is 3. The van der Waals surface area contributed by atoms with Crippen LogP contribution in [0.15, 0.2) is 30.4 Å². The molecule has 1 saturated heterocycles. The van der Waals surface area contributed by atoms with Crippen LogP contribution >= 0.6 is 23.2 Å². The molecule has 3 aliphatic heterocycles. The molecule has 1 saturated carbocycles. The van der Waals surface area contributed by atoms with Crippen molar-refractivity contribution >= 4 is 58.0 Å². The molecule has 6 unspecified atom stereocenters. The van der Waals surface area contributed by atoms with Crippen molar-refractivity contribution in [3.05, 3.63) is 46.6 Å². The molecule has 6 atom stereocenters. The van der Waals surface area contributed by atoms with Crippen molar-refractivity contribution < 1.29 is 46.6 Å². The molecule has 2 aromatic rings. The van der Waals surface area contributed by atoms with Crippen LogP contribution in [0.25, 0.3) is 10.9 Å². The Balaban J connectivity index is 1.42. The zero-order valence-electron chi connectivity index (χ0n) is 29.9. The van der Waals surface area contributed by atoms with E-state index in [1.807, 2.05) is 12.2 Å². The van der Waals surface area contributed by atoms with Gasteiger partial charge in [0.05, 0.1) is 29.1 Å². The molecule has 2 N–H and O–H groups in total. The summed E-state index contributed by atoms with van der Waals surface area (Å²) in [6.07, 6.45) is 0.840. The van der Waals surface area contributed by atoms with Gasteiger partial charge in [-0.25, -0.2) is 14.6 Å². The molecule has 1 spiro atoms. The average Bonchev–Trinajstić information content (AvgIpc) is 3.63. The Morgan fingerprint density at radius 1 is 1.13 bits per heavy atom. The number of rotatable bonds is 3. The summed E-state index contributed by atoms with van der Waals surface area (Å²) in [6, 6.07) is 2.08. The molecular weight excluding hydrogens is 740 g/mol. The number of carbonyl (C=O) groups is 4. The summed E-state index contributed by atoms with van der Waals surface area (Å²) in [5.74, 6) is -2.96. The van der Waals surface area contributed by atoms with Gasteiger partial charge in [0, 0.05) is 29.7 Å². The fourth-order valence-corrected chi connectivity index (χ4v) is 8.37. The van der Waals surface area contributed by atoms with Crippen LogP contribution in [-0.4, -0.2) is 75.7 Å². The summed E-state index contributed by atoms with van der Waals surface area (Å²) >= 11 is 13.3. The van der Waals surface area contributed by atoms with Gasteiger partial charge in [0.1, 0.15) is 28.8 Å². The van der Waals surface area contributed by atoms with Crippen molar-refractivity contribution in [2.45, 2.75) is 119 Å². The van der Waals surface area contributed by atoms with Gasteiger partial charge in [-0.3, -0.25) is 9.59 Å². The molecule has 1 aromatic heterocycles. The van der Waals surface area contributed by atoms with E-state index in [0.717, 1.165) is 6.42 Å². The number of hydrogen-bond acceptors (Lipinski definition) is 8. The maximum absolute atomic E-state index is 14.7. The Morgan fingerprint density at radius 3 is 2.58 bits per heavy atom. The molecule has 6 rings (SSSR count). The third-order valence-electron chi connectivity index (χ3n) is 10.1. The molecule has 288 valence electrons. The summed E-state index contributed by atoms with van der Waals surface area (Å²) in [5, 5.41) is 4.73. The highest BCUT2D eigenvalue weighted by molar-refractivity contribution is 6.35. The maximum atomic E-state index is 14.7. The number of fused-ring (bicyclic) bond motifs is 5. The fraction of sp³-hybridized carbons (Fsp3) is 0.595. The second-order valence-corrected chi connectivity index (χ2v) is 16.2. The van der Waals surface area contributed by atoms with Crippen LogP contribution < -0.4 is 15.4 Å². The van der Waals surface area contributed by atoms with Crippen molar-refractivity contribution in [3.8, 4) is 5.75 Å². The third-order valence-corrected chi connectivity index (χ3v) is 10.8. The van der Waals surface area contributed by atoms with Gasteiger partial charge in [0.2, 0.25) is 11.8 Å². The minimum absolute atomic E-state index is 0.00118. The number of alkyl halides is 4. The van der Waals surface area contributed by atoms with Gasteiger partial charge in [0.25, 0.3) is 0 Å². The lowest BCUT2D eigenvalue weighted by Crippen LogP contribution is -2.57. The number of nitrogens with zero attached hydrogens (tertiary/aromatic N) is 2. The normalized spacial score (nSPS) is 29.2. The van der Waals surface area contributed by atoms with E-state index >= 15 is 0 Å². The second-order valence-electron chi connectivity index (χ2n) is 15.2. The Labute approximate surface area is 315 Å². The largest absolute Gasteiger partial charge is 0.483 e. The van der Waals surface area contributed by atoms with Gasteiger partial charge in [0.15, 0.2) is 11.4 Å². The lowest BCUT2D eigenvalue weighted by atomic mass is 9.86. The molecule has 53 heavy (non-hydrogen) atoms. The van der Waals surface area contributed by atoms with E-state index in [0.29, 0.717) is 19.3 Å². The number of para-hydroxylation sites is 1. The summed E-state index contributed by atoms with van der Waals surface area (Å²) in [6.45, 7) is 6.40. The van der Waals surface area contributed by atoms with E-state index in [-0.39, 0.29) is 66.2 Å². The number of allylic oxidation sites excluding steroid dienone is 1. The van der Waals surface area contributed by atoms with Gasteiger partial charge < -0.3 is 29.7 Å². The van der Waals surface area contributed by atoms with Gasteiger partial charge in [-0.2, -0.15) is 13.2 Å². The lowest BCUT2D eigenvalue weighted by molar-refractivity contribution is -0.150. The van der Waals surface area contributed by atoms with Gasteiger partial charge in [-0.05, 0) is 59.4 Å². The van der Waals surface area contributed by atoms with E-state index < -0.39 is 75.7 Å². The molecule has 1 aliphatic carbocycles. The smallest absolute Gasteiger partial charge is 0.437 e. The number of pyridine rings is 1. The van der Waals surface area contributed by atoms with E-state index in [2.05, 4.69) is 15.6 Å². The van der Waals surface area contributed by atoms with Crippen LogP contribution in [0, 0.1) is 5.92 Å². The van der Waals surface area contributed by atoms with Crippen molar-refractivity contribution in [2.24, 2.45) is 5.92 Å². The Hall–Kier alpha value is -3.78. The zero-order chi connectivity index (χ0) is 38.5. The first-order valence-corrected chi connectivity index (χ1v) is 18.7. The predicted octanol–water partition coefficient (Wildman–Crippen LogP) is 7.16. The van der Waals surface area contributed by atoms with E-state index in [9.17, 15) is 32.3 Å². The van der Waals surface area contributed by atoms with Gasteiger partial charge in [-0.1, -0.05) is 48.7 Å². The predicted molar refractivity (Wildman–Crippen MR) is 189 cm³/mol. The highest BCUT2D eigenvalue weighted by atomic mass is 35.5. The lowest BCUT2D eigenvalue weighted by Gasteiger charge is -2.39. The van der Waals surface area contributed by atoms with E-state index in [4.69, 9.17) is 37.4 Å². The summed E-state index contributed by atoms with van der Waals surface area (Å²) in [5.41, 5.74) is -5.23. The first kappa shape index (κ1) is 38.9. The number of alkyl carbamates (subject to hydrolysis) is 1. The number of carbonyl (C=O) groups excluding carboxylic acids is 4. The molecule has 3 amide bonds. The van der Waals surface area contributed by atoms with E-state index in [1.54, 1.807) is 39.8 Å². The molecule has 4 heterocycles. The molecular formula is C37H43Cl2F3N4O7. The van der Waals surface area contributed by atoms with E-state index in [1.165, 1.54) is 11.0 Å². The van der Waals surface area contributed by atoms with Crippen molar-refractivity contribution in [2.75, 3.05) is 13.2 Å². The molecule has 0 bridgehead atoms. The average molecular weight is 784 g/mol. The molecule has 0 radical (unpaired) electrons. The third kappa shape index (κ3) is 7.90. The highest BCUT2D eigenvalue weighted by Crippen LogP contribution is 2.54. The number of ether oxygens (including phenoxy) is 3. The summed E-state index contributed by atoms with van der Waals surface area (Å²) < 4.78 is 61.2. The molecule has 2 fully saturated rings. The van der Waals surface area contributed by atoms with Crippen molar-refractivity contribution in [1.29, 1.82) is 0 Å². The number of hydrogen-bond donors (Lipinski definition) is 2. The Bertz CT molecular complexity index is 1840. The molecule has 16 heteroatoms. The van der Waals surface area contributed by atoms with Crippen molar-refractivity contribution in [1.82, 2.24) is 20.5 Å². The van der Waals surface area contributed by atoms with Crippen molar-refractivity contribution in [3.63, 3.8) is 0 Å². The zero-order valence-corrected chi connectivity index (χ0v) is 31.4. The molecule has 11 nitrogen and oxygen atoms in total. The van der Waals surface area contributed by atoms with Crippen LogP contribution in [0.4, 0.5) is 18.0 Å². The second kappa shape index (κ2) is 14.5. The number of nitrogens with one attached hydrogen (secondary N) is 2. The van der Waals surface area contributed by atoms with Crippen LogP contribution in [0.5, 0.6) is 5.75 Å². The minimum Gasteiger partial charge on any atom is -0.483 e. The number of halogens is 5. The summed E-state index contributed by atoms with van der Waals surface area (Å²) in [7, 11) is 0. The SMILES string of the molecule is CCOC(=O)C12CC1C=CCCCCCC(NC(=O)OC(C)(C)C)C(=O)N1CC3(CC(Cl)c4c(c(C(F)(F)F)nc5c(Cl)cccc45)O3)CC1C(=O)N2. The number of aromatic nitrogens is 1. The first-order chi connectivity index (χ1) is 24.9. The molecule has 1 aromatic carbocycles. The maximum Gasteiger partial charge on any atom is 0.437 e. The van der Waals surface area contributed by atoms with Gasteiger partial charge >= 0.3 is 18.2 Å². The topological polar surface area (TPSA) is 136 Å². The number of benzene rings is 1. The van der Waals surface area contributed by atoms with Gasteiger partial charge in [-0.15, -0.1) is 11.6 Å². The Morgan fingerprint density at radius 2 is 1.89 bits per heavy atom. The summed E-state index contributed by atoms with van der Waals surface area (Å²) in [4.78, 5) is 60.4. The quantitative estimate of drug-likeness (QED) is 0.190. The number of esters is 1. The fourth-order valence-electron chi connectivity index (χ4n) is 7.66. The minimum atomic E-state index is -4.98. The first-order valence-electron chi connectivity index (χ1n) is 17.9. The Kier molecular flexibility index (Phi) is 10.6. The monoisotopic (exact) mass is 782 g/mol. The van der Waals surface area contributed by atoms with Crippen LogP contribution in [-0.2, 0) is 30.0 Å². The highest BCUT2D eigenvalue weighted by Gasteiger charge is 2.63. The molecule has 4 aliphatic rings.